The molecule has 0 radical (unpaired) electrons. The van der Waals surface area contributed by atoms with Gasteiger partial charge < -0.3 is 11.1 Å². The quantitative estimate of drug-likeness (QED) is 0.902. The second-order valence-electron chi connectivity index (χ2n) is 4.98. The molecule has 2 atom stereocenters. The Balaban J connectivity index is 0.00000200. The van der Waals surface area contributed by atoms with Crippen molar-refractivity contribution in [3.05, 3.63) is 35.4 Å². The van der Waals surface area contributed by atoms with Gasteiger partial charge in [0.25, 0.3) is 5.91 Å². The smallest absolute Gasteiger partial charge is 0.254 e. The van der Waals surface area contributed by atoms with Crippen molar-refractivity contribution in [2.24, 2.45) is 11.7 Å². The Morgan fingerprint density at radius 3 is 2.70 bits per heavy atom. The summed E-state index contributed by atoms with van der Waals surface area (Å²) in [7, 11) is 0. The lowest BCUT2D eigenvalue weighted by molar-refractivity contribution is 0.0903. The summed E-state index contributed by atoms with van der Waals surface area (Å²) in [5.74, 6) is -1.68. The highest BCUT2D eigenvalue weighted by Gasteiger charge is 2.26. The summed E-state index contributed by atoms with van der Waals surface area (Å²) in [6.07, 6.45) is 3.92. The Kier molecular flexibility index (Phi) is 6.36. The van der Waals surface area contributed by atoms with Crippen molar-refractivity contribution < 1.29 is 13.6 Å². The Hall–Kier alpha value is -1.20. The number of carbonyl (C=O) groups is 1. The number of halogens is 3. The maximum atomic E-state index is 13.5. The zero-order chi connectivity index (χ0) is 13.8. The van der Waals surface area contributed by atoms with Crippen molar-refractivity contribution in [3.63, 3.8) is 0 Å². The average Bonchev–Trinajstić information content (AvgIpc) is 2.42. The van der Waals surface area contributed by atoms with Gasteiger partial charge in [-0.1, -0.05) is 12.8 Å². The van der Waals surface area contributed by atoms with E-state index in [1.807, 2.05) is 0 Å². The van der Waals surface area contributed by atoms with Crippen LogP contribution in [0.1, 0.15) is 36.0 Å². The fourth-order valence-corrected chi connectivity index (χ4v) is 2.60. The average molecular weight is 305 g/mol. The highest BCUT2D eigenvalue weighted by atomic mass is 35.5. The van der Waals surface area contributed by atoms with Gasteiger partial charge in [-0.05, 0) is 43.5 Å². The third kappa shape index (κ3) is 3.90. The van der Waals surface area contributed by atoms with Gasteiger partial charge in [0.1, 0.15) is 11.6 Å². The highest BCUT2D eigenvalue weighted by Crippen LogP contribution is 2.24. The van der Waals surface area contributed by atoms with E-state index in [2.05, 4.69) is 5.32 Å². The second-order valence-corrected chi connectivity index (χ2v) is 4.98. The first kappa shape index (κ1) is 16.9. The van der Waals surface area contributed by atoms with Crippen molar-refractivity contribution in [3.8, 4) is 0 Å². The van der Waals surface area contributed by atoms with E-state index in [0.717, 1.165) is 43.9 Å². The van der Waals surface area contributed by atoms with Crippen molar-refractivity contribution in [2.75, 3.05) is 6.54 Å². The van der Waals surface area contributed by atoms with Crippen LogP contribution >= 0.6 is 12.4 Å². The maximum Gasteiger partial charge on any atom is 0.254 e. The largest absolute Gasteiger partial charge is 0.349 e. The summed E-state index contributed by atoms with van der Waals surface area (Å²) in [6.45, 7) is 0.497. The molecule has 1 fully saturated rings. The number of carbonyl (C=O) groups excluding carboxylic acids is 1. The summed E-state index contributed by atoms with van der Waals surface area (Å²) in [5.41, 5.74) is 5.43. The number of nitrogens with two attached hydrogens (primary N) is 1. The lowest BCUT2D eigenvalue weighted by Gasteiger charge is -2.31. The van der Waals surface area contributed by atoms with E-state index in [4.69, 9.17) is 5.73 Å². The molecule has 0 saturated heterocycles. The lowest BCUT2D eigenvalue weighted by Crippen LogP contribution is -2.44. The van der Waals surface area contributed by atoms with Gasteiger partial charge in [0.15, 0.2) is 0 Å². The number of amides is 1. The molecule has 0 aliphatic heterocycles. The molecule has 1 saturated carbocycles. The fourth-order valence-electron chi connectivity index (χ4n) is 2.60. The van der Waals surface area contributed by atoms with Crippen LogP contribution in [0, 0.1) is 17.6 Å². The van der Waals surface area contributed by atoms with Crippen LogP contribution in [0.4, 0.5) is 8.78 Å². The molecule has 112 valence electrons. The van der Waals surface area contributed by atoms with Crippen molar-refractivity contribution in [2.45, 2.75) is 31.7 Å². The summed E-state index contributed by atoms with van der Waals surface area (Å²) in [4.78, 5) is 12.0. The standard InChI is InChI=1S/C14H18F2N2O.ClH/c15-10-5-6-12(16)11(7-10)14(19)18-13-4-2-1-3-9(13)8-17;/h5-7,9,13H,1-4,8,17H2,(H,18,19);1H. The van der Waals surface area contributed by atoms with Gasteiger partial charge in [-0.2, -0.15) is 0 Å². The van der Waals surface area contributed by atoms with Crippen LogP contribution in [0.2, 0.25) is 0 Å². The third-order valence-corrected chi connectivity index (χ3v) is 3.70. The van der Waals surface area contributed by atoms with Crippen LogP contribution in [-0.2, 0) is 0 Å². The molecule has 0 heterocycles. The first-order chi connectivity index (χ1) is 9.11. The molecule has 1 aromatic carbocycles. The summed E-state index contributed by atoms with van der Waals surface area (Å²) >= 11 is 0. The number of benzene rings is 1. The van der Waals surface area contributed by atoms with Crippen LogP contribution in [0.3, 0.4) is 0 Å². The summed E-state index contributed by atoms with van der Waals surface area (Å²) < 4.78 is 26.6. The number of hydrogen-bond acceptors (Lipinski definition) is 2. The summed E-state index contributed by atoms with van der Waals surface area (Å²) in [6, 6.07) is 2.83. The number of rotatable bonds is 3. The van der Waals surface area contributed by atoms with Gasteiger partial charge in [-0.3, -0.25) is 4.79 Å². The Bertz CT molecular complexity index is 470. The normalized spacial score (nSPS) is 21.9. The minimum Gasteiger partial charge on any atom is -0.349 e. The topological polar surface area (TPSA) is 55.1 Å². The molecule has 0 bridgehead atoms. The van der Waals surface area contributed by atoms with Gasteiger partial charge in [0, 0.05) is 6.04 Å². The first-order valence-corrected chi connectivity index (χ1v) is 6.58. The van der Waals surface area contributed by atoms with E-state index in [0.29, 0.717) is 6.54 Å². The van der Waals surface area contributed by atoms with Gasteiger partial charge in [0.05, 0.1) is 5.56 Å². The van der Waals surface area contributed by atoms with Crippen LogP contribution in [0.25, 0.3) is 0 Å². The minimum atomic E-state index is -0.709. The number of nitrogens with one attached hydrogen (secondary N) is 1. The van der Waals surface area contributed by atoms with Crippen molar-refractivity contribution in [1.82, 2.24) is 5.32 Å². The molecule has 2 unspecified atom stereocenters. The molecule has 0 spiro atoms. The van der Waals surface area contributed by atoms with Crippen molar-refractivity contribution >= 4 is 18.3 Å². The van der Waals surface area contributed by atoms with Gasteiger partial charge in [0.2, 0.25) is 0 Å². The summed E-state index contributed by atoms with van der Waals surface area (Å²) in [5, 5.41) is 2.78. The minimum absolute atomic E-state index is 0. The molecule has 1 aliphatic rings. The first-order valence-electron chi connectivity index (χ1n) is 6.58. The van der Waals surface area contributed by atoms with Gasteiger partial charge >= 0.3 is 0 Å². The van der Waals surface area contributed by atoms with Crippen LogP contribution in [0.15, 0.2) is 18.2 Å². The Morgan fingerprint density at radius 1 is 1.30 bits per heavy atom. The van der Waals surface area contributed by atoms with E-state index in [-0.39, 0.29) is 29.9 Å². The molecule has 0 aromatic heterocycles. The number of hydrogen-bond donors (Lipinski definition) is 2. The third-order valence-electron chi connectivity index (χ3n) is 3.70. The van der Waals surface area contributed by atoms with Crippen LogP contribution < -0.4 is 11.1 Å². The predicted octanol–water partition coefficient (Wildman–Crippen LogP) is 2.63. The lowest BCUT2D eigenvalue weighted by atomic mass is 9.84. The Labute approximate surface area is 123 Å². The molecule has 2 rings (SSSR count). The fraction of sp³-hybridized carbons (Fsp3) is 0.500. The van der Waals surface area contributed by atoms with Crippen LogP contribution in [0.5, 0.6) is 0 Å². The van der Waals surface area contributed by atoms with Gasteiger partial charge in [-0.25, -0.2) is 8.78 Å². The molecule has 1 aliphatic carbocycles. The predicted molar refractivity (Wildman–Crippen MR) is 75.9 cm³/mol. The SMILES string of the molecule is Cl.NCC1CCCCC1NC(=O)c1cc(F)ccc1F. The van der Waals surface area contributed by atoms with E-state index in [9.17, 15) is 13.6 Å². The highest BCUT2D eigenvalue weighted by molar-refractivity contribution is 5.94. The van der Waals surface area contributed by atoms with E-state index >= 15 is 0 Å². The van der Waals surface area contributed by atoms with Crippen molar-refractivity contribution in [1.29, 1.82) is 0 Å². The Morgan fingerprint density at radius 2 is 2.00 bits per heavy atom. The van der Waals surface area contributed by atoms with E-state index in [1.54, 1.807) is 0 Å². The molecular formula is C14H19ClF2N2O. The molecule has 3 N–H and O–H groups in total. The second kappa shape index (κ2) is 7.55. The molecule has 1 aromatic rings. The molecule has 20 heavy (non-hydrogen) atoms. The zero-order valence-corrected chi connectivity index (χ0v) is 11.9. The van der Waals surface area contributed by atoms with E-state index < -0.39 is 17.5 Å². The molecule has 6 heteroatoms. The molecular weight excluding hydrogens is 286 g/mol. The monoisotopic (exact) mass is 304 g/mol. The van der Waals surface area contributed by atoms with Gasteiger partial charge in [-0.15, -0.1) is 12.4 Å². The zero-order valence-electron chi connectivity index (χ0n) is 11.1. The van der Waals surface area contributed by atoms with E-state index in [1.165, 1.54) is 0 Å². The molecule has 1 amide bonds. The van der Waals surface area contributed by atoms with Crippen LogP contribution in [-0.4, -0.2) is 18.5 Å². The maximum absolute atomic E-state index is 13.5. The molecule has 3 nitrogen and oxygen atoms in total.